The Morgan fingerprint density at radius 3 is 2.62 bits per heavy atom. The fraction of sp³-hybridized carbons (Fsp3) is 0.600. The summed E-state index contributed by atoms with van der Waals surface area (Å²) in [5, 5.41) is 3.12. The Bertz CT molecular complexity index is 454. The zero-order valence-electron chi connectivity index (χ0n) is 12.2. The smallest absolute Gasteiger partial charge is 0.317 e. The number of hydrogen-bond acceptors (Lipinski definition) is 4. The van der Waals surface area contributed by atoms with E-state index >= 15 is 0 Å². The number of carbonyl (C=O) groups excluding carboxylic acids is 1. The first-order valence-electron chi connectivity index (χ1n) is 7.62. The highest BCUT2D eigenvalue weighted by Crippen LogP contribution is 2.13. The molecule has 2 saturated heterocycles. The first-order valence-corrected chi connectivity index (χ1v) is 7.62. The second-order valence-corrected chi connectivity index (χ2v) is 5.50. The number of nitrogens with zero attached hydrogens (tertiary/aromatic N) is 3. The summed E-state index contributed by atoms with van der Waals surface area (Å²) in [6.07, 6.45) is 3.64. The lowest BCUT2D eigenvalue weighted by Gasteiger charge is -2.36. The number of rotatable bonds is 2. The molecule has 1 aromatic rings. The van der Waals surface area contributed by atoms with Crippen molar-refractivity contribution in [2.45, 2.75) is 18.9 Å². The van der Waals surface area contributed by atoms with Crippen molar-refractivity contribution < 1.29 is 9.53 Å². The van der Waals surface area contributed by atoms with Crippen LogP contribution in [-0.4, -0.2) is 61.3 Å². The van der Waals surface area contributed by atoms with E-state index < -0.39 is 0 Å². The van der Waals surface area contributed by atoms with Crippen LogP contribution in [0.5, 0.6) is 0 Å². The van der Waals surface area contributed by atoms with Crippen molar-refractivity contribution in [2.75, 3.05) is 44.3 Å². The van der Waals surface area contributed by atoms with E-state index in [2.05, 4.69) is 15.2 Å². The molecule has 0 unspecified atom stereocenters. The number of piperazine rings is 1. The molecule has 6 nitrogen and oxygen atoms in total. The number of ether oxygens (including phenoxy) is 1. The Kier molecular flexibility index (Phi) is 4.55. The van der Waals surface area contributed by atoms with E-state index in [1.165, 1.54) is 0 Å². The number of amides is 2. The van der Waals surface area contributed by atoms with Crippen molar-refractivity contribution in [3.05, 3.63) is 24.4 Å². The molecule has 0 aromatic carbocycles. The standard InChI is InChI=1S/C15H22N4O2/c20-15(17-13-4-11-21-12-5-13)19-9-7-18(8-10-19)14-3-1-2-6-16-14/h1-3,6,13H,4-5,7-12H2,(H,17,20). The van der Waals surface area contributed by atoms with Crippen LogP contribution in [0.15, 0.2) is 24.4 Å². The summed E-state index contributed by atoms with van der Waals surface area (Å²) in [4.78, 5) is 20.7. The van der Waals surface area contributed by atoms with E-state index in [-0.39, 0.29) is 12.1 Å². The van der Waals surface area contributed by atoms with Gasteiger partial charge < -0.3 is 19.9 Å². The largest absolute Gasteiger partial charge is 0.381 e. The van der Waals surface area contributed by atoms with Crippen LogP contribution in [0.1, 0.15) is 12.8 Å². The highest BCUT2D eigenvalue weighted by molar-refractivity contribution is 5.74. The molecule has 1 N–H and O–H groups in total. The molecule has 0 saturated carbocycles. The predicted molar refractivity (Wildman–Crippen MR) is 80.4 cm³/mol. The summed E-state index contributed by atoms with van der Waals surface area (Å²) in [7, 11) is 0. The van der Waals surface area contributed by atoms with Gasteiger partial charge in [-0.05, 0) is 25.0 Å². The molecule has 1 aromatic heterocycles. The van der Waals surface area contributed by atoms with Crippen molar-refractivity contribution in [1.29, 1.82) is 0 Å². The third-order valence-corrected chi connectivity index (χ3v) is 4.09. The van der Waals surface area contributed by atoms with Crippen LogP contribution in [0.25, 0.3) is 0 Å². The van der Waals surface area contributed by atoms with Crippen LogP contribution in [0.2, 0.25) is 0 Å². The second-order valence-electron chi connectivity index (χ2n) is 5.50. The van der Waals surface area contributed by atoms with E-state index in [0.717, 1.165) is 58.1 Å². The highest BCUT2D eigenvalue weighted by atomic mass is 16.5. The van der Waals surface area contributed by atoms with E-state index in [4.69, 9.17) is 4.74 Å². The Balaban J connectivity index is 1.47. The summed E-state index contributed by atoms with van der Waals surface area (Å²) in [5.74, 6) is 0.988. The first-order chi connectivity index (χ1) is 10.3. The van der Waals surface area contributed by atoms with Crippen LogP contribution in [0.3, 0.4) is 0 Å². The van der Waals surface area contributed by atoms with Gasteiger partial charge >= 0.3 is 6.03 Å². The summed E-state index contributed by atoms with van der Waals surface area (Å²) >= 11 is 0. The van der Waals surface area contributed by atoms with Gasteiger partial charge in [-0.25, -0.2) is 9.78 Å². The van der Waals surface area contributed by atoms with Crippen molar-refractivity contribution in [2.24, 2.45) is 0 Å². The number of urea groups is 1. The molecule has 2 aliphatic rings. The lowest BCUT2D eigenvalue weighted by Crippen LogP contribution is -2.54. The van der Waals surface area contributed by atoms with Gasteiger partial charge in [0.15, 0.2) is 0 Å². The van der Waals surface area contributed by atoms with Gasteiger partial charge in [-0.1, -0.05) is 6.07 Å². The Morgan fingerprint density at radius 2 is 1.95 bits per heavy atom. The highest BCUT2D eigenvalue weighted by Gasteiger charge is 2.24. The molecular formula is C15H22N4O2. The van der Waals surface area contributed by atoms with E-state index in [9.17, 15) is 4.79 Å². The summed E-state index contributed by atoms with van der Waals surface area (Å²) in [6.45, 7) is 4.64. The van der Waals surface area contributed by atoms with Crippen LogP contribution >= 0.6 is 0 Å². The summed E-state index contributed by atoms with van der Waals surface area (Å²) in [6, 6.07) is 6.24. The maximum absolute atomic E-state index is 12.2. The van der Waals surface area contributed by atoms with Crippen molar-refractivity contribution in [1.82, 2.24) is 15.2 Å². The van der Waals surface area contributed by atoms with E-state index in [0.29, 0.717) is 0 Å². The number of nitrogens with one attached hydrogen (secondary N) is 1. The maximum Gasteiger partial charge on any atom is 0.317 e. The summed E-state index contributed by atoms with van der Waals surface area (Å²) < 4.78 is 5.31. The van der Waals surface area contributed by atoms with Gasteiger partial charge in [-0.15, -0.1) is 0 Å². The third kappa shape index (κ3) is 3.64. The van der Waals surface area contributed by atoms with Gasteiger partial charge in [0.2, 0.25) is 0 Å². The zero-order chi connectivity index (χ0) is 14.5. The average Bonchev–Trinajstić information content (AvgIpc) is 2.57. The molecule has 0 spiro atoms. The van der Waals surface area contributed by atoms with Gasteiger partial charge in [-0.2, -0.15) is 0 Å². The number of hydrogen-bond donors (Lipinski definition) is 1. The average molecular weight is 290 g/mol. The zero-order valence-corrected chi connectivity index (χ0v) is 12.2. The normalized spacial score (nSPS) is 20.4. The monoisotopic (exact) mass is 290 g/mol. The van der Waals surface area contributed by atoms with Crippen LogP contribution in [0.4, 0.5) is 10.6 Å². The van der Waals surface area contributed by atoms with Crippen molar-refractivity contribution >= 4 is 11.8 Å². The molecule has 2 fully saturated rings. The van der Waals surface area contributed by atoms with Crippen molar-refractivity contribution in [3.8, 4) is 0 Å². The fourth-order valence-electron chi connectivity index (χ4n) is 2.79. The van der Waals surface area contributed by atoms with E-state index in [1.54, 1.807) is 6.20 Å². The minimum Gasteiger partial charge on any atom is -0.381 e. The molecule has 0 radical (unpaired) electrons. The maximum atomic E-state index is 12.2. The molecule has 2 amide bonds. The number of pyridine rings is 1. The number of aromatic nitrogens is 1. The van der Waals surface area contributed by atoms with Gasteiger partial charge in [0.25, 0.3) is 0 Å². The minimum atomic E-state index is 0.0579. The Hall–Kier alpha value is -1.82. The molecular weight excluding hydrogens is 268 g/mol. The molecule has 0 aliphatic carbocycles. The Morgan fingerprint density at radius 1 is 1.19 bits per heavy atom. The first kappa shape index (κ1) is 14.1. The van der Waals surface area contributed by atoms with Crippen LogP contribution < -0.4 is 10.2 Å². The molecule has 6 heteroatoms. The topological polar surface area (TPSA) is 57.7 Å². The fourth-order valence-corrected chi connectivity index (χ4v) is 2.79. The molecule has 3 heterocycles. The SMILES string of the molecule is O=C(NC1CCOCC1)N1CCN(c2ccccn2)CC1. The lowest BCUT2D eigenvalue weighted by atomic mass is 10.1. The van der Waals surface area contributed by atoms with Gasteiger partial charge in [0, 0.05) is 51.6 Å². The van der Waals surface area contributed by atoms with Crippen molar-refractivity contribution in [3.63, 3.8) is 0 Å². The Labute approximate surface area is 125 Å². The van der Waals surface area contributed by atoms with Gasteiger partial charge in [0.05, 0.1) is 0 Å². The predicted octanol–water partition coefficient (Wildman–Crippen LogP) is 1.09. The quantitative estimate of drug-likeness (QED) is 0.886. The second kappa shape index (κ2) is 6.76. The lowest BCUT2D eigenvalue weighted by molar-refractivity contribution is 0.0779. The number of carbonyl (C=O) groups is 1. The molecule has 0 atom stereocenters. The third-order valence-electron chi connectivity index (χ3n) is 4.09. The van der Waals surface area contributed by atoms with E-state index in [1.807, 2.05) is 23.1 Å². The molecule has 21 heavy (non-hydrogen) atoms. The minimum absolute atomic E-state index is 0.0579. The molecule has 114 valence electrons. The molecule has 3 rings (SSSR count). The van der Waals surface area contributed by atoms with Crippen LogP contribution in [-0.2, 0) is 4.74 Å². The molecule has 2 aliphatic heterocycles. The molecule has 0 bridgehead atoms. The van der Waals surface area contributed by atoms with Gasteiger partial charge in [-0.3, -0.25) is 0 Å². The number of anilines is 1. The van der Waals surface area contributed by atoms with Crippen LogP contribution in [0, 0.1) is 0 Å². The summed E-state index contributed by atoms with van der Waals surface area (Å²) in [5.41, 5.74) is 0. The van der Waals surface area contributed by atoms with Gasteiger partial charge in [0.1, 0.15) is 5.82 Å².